The van der Waals surface area contributed by atoms with Crippen molar-refractivity contribution < 1.29 is 4.79 Å². The lowest BCUT2D eigenvalue weighted by molar-refractivity contribution is 0.0996. The second kappa shape index (κ2) is 4.02. The predicted octanol–water partition coefficient (Wildman–Crippen LogP) is 1.43. The first-order chi connectivity index (χ1) is 7.70. The molecular weight excluding hydrogens is 202 g/mol. The van der Waals surface area contributed by atoms with Crippen LogP contribution in [-0.2, 0) is 0 Å². The number of rotatable bonds is 2. The molecule has 4 nitrogen and oxygen atoms in total. The number of hydrogen-bond donors (Lipinski definition) is 2. The first-order valence-electron chi connectivity index (χ1n) is 4.80. The number of amides is 1. The summed E-state index contributed by atoms with van der Waals surface area (Å²) in [7, 11) is 0. The maximum atomic E-state index is 11.1. The highest BCUT2D eigenvalue weighted by Crippen LogP contribution is 2.26. The van der Waals surface area contributed by atoms with Crippen molar-refractivity contribution in [1.29, 1.82) is 0 Å². The fourth-order valence-electron chi connectivity index (χ4n) is 1.54. The van der Waals surface area contributed by atoms with Crippen LogP contribution in [0.3, 0.4) is 0 Å². The summed E-state index contributed by atoms with van der Waals surface area (Å²) in [6.07, 6.45) is 1.53. The first-order valence-corrected chi connectivity index (χ1v) is 4.80. The van der Waals surface area contributed by atoms with Crippen molar-refractivity contribution in [2.45, 2.75) is 0 Å². The molecule has 1 amide bonds. The number of hydrogen-bond acceptors (Lipinski definition) is 3. The molecule has 0 fully saturated rings. The van der Waals surface area contributed by atoms with Crippen LogP contribution in [0.1, 0.15) is 10.5 Å². The van der Waals surface area contributed by atoms with Gasteiger partial charge in [-0.2, -0.15) is 0 Å². The predicted molar refractivity (Wildman–Crippen MR) is 62.6 cm³/mol. The number of benzene rings is 1. The minimum absolute atomic E-state index is 0.112. The molecule has 4 N–H and O–H groups in total. The molecule has 4 heteroatoms. The van der Waals surface area contributed by atoms with Crippen molar-refractivity contribution in [3.8, 4) is 11.1 Å². The van der Waals surface area contributed by atoms with E-state index in [1.165, 1.54) is 6.20 Å². The van der Waals surface area contributed by atoms with E-state index in [-0.39, 0.29) is 5.69 Å². The standard InChI is InChI=1S/C12H11N3O/c13-10-9(8-4-2-1-3-5-8)6-7-15-11(10)12(14)16/h1-7H,13H2,(H2,14,16). The molecule has 0 unspecified atom stereocenters. The molecule has 0 radical (unpaired) electrons. The summed E-state index contributed by atoms with van der Waals surface area (Å²) in [5.41, 5.74) is 13.2. The lowest BCUT2D eigenvalue weighted by Crippen LogP contribution is -2.15. The zero-order valence-corrected chi connectivity index (χ0v) is 8.55. The van der Waals surface area contributed by atoms with Crippen molar-refractivity contribution in [2.75, 3.05) is 5.73 Å². The molecule has 0 bridgehead atoms. The van der Waals surface area contributed by atoms with Gasteiger partial charge in [0, 0.05) is 11.8 Å². The Balaban J connectivity index is 2.59. The minimum Gasteiger partial charge on any atom is -0.396 e. The summed E-state index contributed by atoms with van der Waals surface area (Å²) in [5.74, 6) is -0.615. The Labute approximate surface area is 92.9 Å². The second-order valence-corrected chi connectivity index (χ2v) is 3.35. The van der Waals surface area contributed by atoms with Gasteiger partial charge < -0.3 is 11.5 Å². The van der Waals surface area contributed by atoms with Gasteiger partial charge in [0.25, 0.3) is 5.91 Å². The summed E-state index contributed by atoms with van der Waals surface area (Å²) in [6, 6.07) is 11.3. The SMILES string of the molecule is NC(=O)c1nccc(-c2ccccc2)c1N. The van der Waals surface area contributed by atoms with Crippen molar-refractivity contribution in [2.24, 2.45) is 5.73 Å². The van der Waals surface area contributed by atoms with E-state index in [0.29, 0.717) is 5.69 Å². The number of pyridine rings is 1. The van der Waals surface area contributed by atoms with Gasteiger partial charge in [-0.25, -0.2) is 4.98 Å². The number of carbonyl (C=O) groups excluding carboxylic acids is 1. The third-order valence-corrected chi connectivity index (χ3v) is 2.31. The van der Waals surface area contributed by atoms with Gasteiger partial charge in [0.05, 0.1) is 5.69 Å². The Morgan fingerprint density at radius 3 is 2.44 bits per heavy atom. The van der Waals surface area contributed by atoms with Crippen LogP contribution >= 0.6 is 0 Å². The summed E-state index contributed by atoms with van der Waals surface area (Å²) in [5, 5.41) is 0. The van der Waals surface area contributed by atoms with Crippen LogP contribution in [0.25, 0.3) is 11.1 Å². The number of nitrogens with zero attached hydrogens (tertiary/aromatic N) is 1. The van der Waals surface area contributed by atoms with Crippen LogP contribution in [0, 0.1) is 0 Å². The van der Waals surface area contributed by atoms with E-state index in [4.69, 9.17) is 11.5 Å². The Hall–Kier alpha value is -2.36. The smallest absolute Gasteiger partial charge is 0.269 e. The van der Waals surface area contributed by atoms with Gasteiger partial charge in [0.15, 0.2) is 5.69 Å². The Morgan fingerprint density at radius 1 is 1.12 bits per heavy atom. The Bertz CT molecular complexity index is 523. The Kier molecular flexibility index (Phi) is 2.55. The van der Waals surface area contributed by atoms with E-state index < -0.39 is 5.91 Å². The highest BCUT2D eigenvalue weighted by Gasteiger charge is 2.11. The van der Waals surface area contributed by atoms with Crippen LogP contribution in [0.15, 0.2) is 42.6 Å². The van der Waals surface area contributed by atoms with Gasteiger partial charge in [-0.1, -0.05) is 30.3 Å². The molecule has 16 heavy (non-hydrogen) atoms. The molecule has 0 aliphatic heterocycles. The van der Waals surface area contributed by atoms with Crippen molar-refractivity contribution >= 4 is 11.6 Å². The summed E-state index contributed by atoms with van der Waals surface area (Å²) in [4.78, 5) is 14.9. The molecule has 1 aromatic heterocycles. The third-order valence-electron chi connectivity index (χ3n) is 2.31. The fraction of sp³-hybridized carbons (Fsp3) is 0. The van der Waals surface area contributed by atoms with Crippen LogP contribution in [0.2, 0.25) is 0 Å². The zero-order valence-electron chi connectivity index (χ0n) is 8.55. The maximum Gasteiger partial charge on any atom is 0.269 e. The Morgan fingerprint density at radius 2 is 1.81 bits per heavy atom. The fourth-order valence-corrected chi connectivity index (χ4v) is 1.54. The van der Waals surface area contributed by atoms with E-state index in [1.54, 1.807) is 6.07 Å². The van der Waals surface area contributed by atoms with Crippen LogP contribution < -0.4 is 11.5 Å². The summed E-state index contributed by atoms with van der Waals surface area (Å²) in [6.45, 7) is 0. The van der Waals surface area contributed by atoms with Crippen molar-refractivity contribution in [3.63, 3.8) is 0 Å². The third kappa shape index (κ3) is 1.72. The van der Waals surface area contributed by atoms with E-state index in [0.717, 1.165) is 11.1 Å². The number of aromatic nitrogens is 1. The molecule has 0 aliphatic rings. The van der Waals surface area contributed by atoms with Crippen LogP contribution in [0.5, 0.6) is 0 Å². The van der Waals surface area contributed by atoms with Gasteiger partial charge in [-0.3, -0.25) is 4.79 Å². The normalized spacial score (nSPS) is 10.0. The largest absolute Gasteiger partial charge is 0.396 e. The number of anilines is 1. The molecular formula is C12H11N3O. The summed E-state index contributed by atoms with van der Waals surface area (Å²) >= 11 is 0. The number of nitrogens with two attached hydrogens (primary N) is 2. The number of nitrogen functional groups attached to an aromatic ring is 1. The van der Waals surface area contributed by atoms with Gasteiger partial charge in [-0.05, 0) is 11.6 Å². The molecule has 80 valence electrons. The van der Waals surface area contributed by atoms with Gasteiger partial charge in [0.1, 0.15) is 0 Å². The van der Waals surface area contributed by atoms with Crippen LogP contribution in [0.4, 0.5) is 5.69 Å². The molecule has 0 saturated carbocycles. The monoisotopic (exact) mass is 213 g/mol. The summed E-state index contributed by atoms with van der Waals surface area (Å²) < 4.78 is 0. The van der Waals surface area contributed by atoms with E-state index in [9.17, 15) is 4.79 Å². The molecule has 0 spiro atoms. The highest BCUT2D eigenvalue weighted by atomic mass is 16.1. The molecule has 0 saturated heterocycles. The number of carbonyl (C=O) groups is 1. The molecule has 2 aromatic rings. The van der Waals surface area contributed by atoms with E-state index >= 15 is 0 Å². The van der Waals surface area contributed by atoms with Gasteiger partial charge in [-0.15, -0.1) is 0 Å². The average molecular weight is 213 g/mol. The lowest BCUT2D eigenvalue weighted by Gasteiger charge is -2.07. The van der Waals surface area contributed by atoms with Gasteiger partial charge >= 0.3 is 0 Å². The molecule has 2 rings (SSSR count). The zero-order chi connectivity index (χ0) is 11.5. The van der Waals surface area contributed by atoms with E-state index in [1.807, 2.05) is 30.3 Å². The minimum atomic E-state index is -0.615. The van der Waals surface area contributed by atoms with Crippen LogP contribution in [-0.4, -0.2) is 10.9 Å². The quantitative estimate of drug-likeness (QED) is 0.791. The second-order valence-electron chi connectivity index (χ2n) is 3.35. The number of primary amides is 1. The van der Waals surface area contributed by atoms with Crippen molar-refractivity contribution in [3.05, 3.63) is 48.3 Å². The lowest BCUT2D eigenvalue weighted by atomic mass is 10.0. The van der Waals surface area contributed by atoms with Gasteiger partial charge in [0.2, 0.25) is 0 Å². The molecule has 1 heterocycles. The first kappa shape index (κ1) is 10.2. The molecule has 0 atom stereocenters. The molecule has 1 aromatic carbocycles. The topological polar surface area (TPSA) is 82.0 Å². The highest BCUT2D eigenvalue weighted by molar-refractivity contribution is 5.99. The average Bonchev–Trinajstić information content (AvgIpc) is 2.30. The van der Waals surface area contributed by atoms with E-state index in [2.05, 4.69) is 4.98 Å². The maximum absolute atomic E-state index is 11.1. The van der Waals surface area contributed by atoms with Crippen molar-refractivity contribution in [1.82, 2.24) is 4.98 Å². The molecule has 0 aliphatic carbocycles.